The van der Waals surface area contributed by atoms with E-state index < -0.39 is 8.54 Å². The molecule has 2 aromatic carbocycles. The van der Waals surface area contributed by atoms with Gasteiger partial charge in [-0.15, -0.1) is 0 Å². The molecule has 0 spiro atoms. The molecule has 0 aliphatic rings. The Morgan fingerprint density at radius 1 is 1.06 bits per heavy atom. The van der Waals surface area contributed by atoms with Crippen molar-refractivity contribution in [3.8, 4) is 0 Å². The van der Waals surface area contributed by atoms with Gasteiger partial charge in [0.15, 0.2) is 0 Å². The minimum atomic E-state index is -3.92. The fourth-order valence-corrected chi connectivity index (χ4v) is 1.31. The Balaban J connectivity index is 0.000000249. The van der Waals surface area contributed by atoms with E-state index in [4.69, 9.17) is 24.4 Å². The number of fused-ring (bicyclic) bond motifs is 1. The summed E-state index contributed by atoms with van der Waals surface area (Å²) in [6.07, 6.45) is 0. The van der Waals surface area contributed by atoms with Crippen molar-refractivity contribution in [3.63, 3.8) is 0 Å². The molecule has 0 aliphatic heterocycles. The molecule has 0 radical (unpaired) electrons. The molecule has 2 aromatic rings. The predicted molar refractivity (Wildman–Crippen MR) is 64.3 cm³/mol. The van der Waals surface area contributed by atoms with Crippen molar-refractivity contribution >= 4 is 30.7 Å². The summed E-state index contributed by atoms with van der Waals surface area (Å²) in [5.74, 6) is 0. The summed E-state index contributed by atoms with van der Waals surface area (Å²) < 4.78 is 25.5. The fraction of sp³-hybridized carbons (Fsp3) is 0. The molecule has 5 N–H and O–H groups in total. The van der Waals surface area contributed by atoms with Crippen LogP contribution in [0, 0.1) is 0 Å². The number of benzene rings is 2. The standard InChI is InChI=1S/C10H10N2.Fe.HO3S/c11-9-6-5-7-3-1-2-4-8(7)10(9)12;;1-4(2)3/h1-6H,11-12H2;;(H,1,2,3). The van der Waals surface area contributed by atoms with Crippen LogP contribution in [-0.2, 0) is 23.4 Å². The van der Waals surface area contributed by atoms with Crippen LogP contribution in [0.15, 0.2) is 36.4 Å². The van der Waals surface area contributed by atoms with Gasteiger partial charge in [-0.1, -0.05) is 30.3 Å². The van der Waals surface area contributed by atoms with Gasteiger partial charge in [0.2, 0.25) is 0 Å². The molecule has 2 rings (SSSR count). The van der Waals surface area contributed by atoms with E-state index in [1.165, 1.54) is 0 Å². The fourth-order valence-electron chi connectivity index (χ4n) is 1.31. The second-order valence-electron chi connectivity index (χ2n) is 3.19. The zero-order valence-corrected chi connectivity index (χ0v) is 10.6. The van der Waals surface area contributed by atoms with E-state index in [0.29, 0.717) is 11.4 Å². The van der Waals surface area contributed by atoms with Gasteiger partial charge in [0, 0.05) is 5.39 Å². The number of rotatable bonds is 0. The molecule has 93 valence electrons. The van der Waals surface area contributed by atoms with Crippen LogP contribution in [0.3, 0.4) is 0 Å². The molecule has 0 saturated heterocycles. The third-order valence-electron chi connectivity index (χ3n) is 2.00. The zero-order valence-electron chi connectivity index (χ0n) is 8.64. The van der Waals surface area contributed by atoms with Crippen LogP contribution in [0.5, 0.6) is 0 Å². The number of nitrogens with two attached hydrogens (primary N) is 2. The number of anilines is 2. The Hall–Kier alpha value is -1.27. The second kappa shape index (κ2) is 5.37. The third kappa shape index (κ3) is 4.62. The van der Waals surface area contributed by atoms with Crippen molar-refractivity contribution in [1.29, 1.82) is 0 Å². The van der Waals surface area contributed by atoms with E-state index >= 15 is 0 Å². The summed E-state index contributed by atoms with van der Waals surface area (Å²) in [6, 6.07) is 11.7. The van der Waals surface area contributed by atoms with Gasteiger partial charge in [-0.05, 0) is 11.5 Å². The first-order valence-electron chi connectivity index (χ1n) is 4.48. The minimum absolute atomic E-state index is 0.647. The molecule has 0 bridgehead atoms. The molecular weight excluding hydrogens is 284 g/mol. The molecule has 0 heterocycles. The molecule has 0 aliphatic carbocycles. The molecule has 0 amide bonds. The van der Waals surface area contributed by atoms with Gasteiger partial charge in [0.1, 0.15) is 0 Å². The van der Waals surface area contributed by atoms with Crippen LogP contribution in [0.1, 0.15) is 0 Å². The summed E-state index contributed by atoms with van der Waals surface area (Å²) in [6.45, 7) is 0. The number of hydrogen-bond acceptors (Lipinski definition) is 4. The molecule has 0 fully saturated rings. The average Bonchev–Trinajstić information content (AvgIpc) is 2.22. The Morgan fingerprint density at radius 3 is 2.18 bits per heavy atom. The summed E-state index contributed by atoms with van der Waals surface area (Å²) in [5, 5.41) is 2.15. The normalized spacial score (nSPS) is 10.7. The summed E-state index contributed by atoms with van der Waals surface area (Å²) >= 11 is 2.30. The first kappa shape index (κ1) is 13.8. The van der Waals surface area contributed by atoms with Crippen molar-refractivity contribution in [3.05, 3.63) is 36.4 Å². The van der Waals surface area contributed by atoms with Crippen molar-refractivity contribution in [1.82, 2.24) is 0 Å². The molecule has 5 nitrogen and oxygen atoms in total. The summed E-state index contributed by atoms with van der Waals surface area (Å²) in [5.41, 5.74) is 12.8. The average molecular weight is 295 g/mol. The maximum atomic E-state index is 9.08. The van der Waals surface area contributed by atoms with Crippen LogP contribution in [0.4, 0.5) is 11.4 Å². The van der Waals surface area contributed by atoms with Gasteiger partial charge < -0.3 is 11.5 Å². The van der Waals surface area contributed by atoms with Gasteiger partial charge >= 0.3 is 36.4 Å². The zero-order chi connectivity index (χ0) is 13.1. The van der Waals surface area contributed by atoms with Crippen LogP contribution in [0.2, 0.25) is 0 Å². The predicted octanol–water partition coefficient (Wildman–Crippen LogP) is 1.34. The first-order valence-corrected chi connectivity index (χ1v) is 7.15. The Bertz CT molecular complexity index is 620. The van der Waals surface area contributed by atoms with E-state index in [1.54, 1.807) is 0 Å². The Labute approximate surface area is 106 Å². The van der Waals surface area contributed by atoms with Crippen LogP contribution in [-0.4, -0.2) is 13.0 Å². The summed E-state index contributed by atoms with van der Waals surface area (Å²) in [7, 11) is -3.92. The molecule has 0 saturated carbocycles. The quantitative estimate of drug-likeness (QED) is 0.386. The Morgan fingerprint density at radius 2 is 1.59 bits per heavy atom. The van der Waals surface area contributed by atoms with Gasteiger partial charge in [0.05, 0.1) is 11.4 Å². The van der Waals surface area contributed by atoms with Crippen molar-refractivity contribution in [2.75, 3.05) is 11.5 Å². The van der Waals surface area contributed by atoms with Crippen molar-refractivity contribution in [2.24, 2.45) is 0 Å². The van der Waals surface area contributed by atoms with Gasteiger partial charge in [-0.3, -0.25) is 0 Å². The van der Waals surface area contributed by atoms with E-state index in [9.17, 15) is 0 Å². The number of hydrogen-bond donors (Lipinski definition) is 3. The number of nitrogen functional groups attached to an aromatic ring is 2. The van der Waals surface area contributed by atoms with E-state index in [1.807, 2.05) is 36.4 Å². The molecule has 0 aromatic heterocycles. The maximum absolute atomic E-state index is 9.08. The van der Waals surface area contributed by atoms with Gasteiger partial charge in [-0.25, -0.2) is 0 Å². The first-order chi connectivity index (χ1) is 7.79. The van der Waals surface area contributed by atoms with E-state index in [-0.39, 0.29) is 0 Å². The third-order valence-corrected chi connectivity index (χ3v) is 2.00. The second-order valence-corrected chi connectivity index (χ2v) is 5.70. The van der Waals surface area contributed by atoms with Gasteiger partial charge in [0.25, 0.3) is 0 Å². The van der Waals surface area contributed by atoms with Crippen LogP contribution < -0.4 is 11.5 Å². The molecule has 17 heavy (non-hydrogen) atoms. The van der Waals surface area contributed by atoms with Crippen molar-refractivity contribution < 1.29 is 27.9 Å². The monoisotopic (exact) mass is 295 g/mol. The molecule has 0 unspecified atom stereocenters. The SMILES string of the molecule is Nc1ccc2ccccc2c1N.O=[S](=O)(O)[Fe]. The van der Waals surface area contributed by atoms with Crippen molar-refractivity contribution in [2.45, 2.75) is 0 Å². The topological polar surface area (TPSA) is 106 Å². The molecule has 0 atom stereocenters. The van der Waals surface area contributed by atoms with Crippen LogP contribution in [0.25, 0.3) is 10.8 Å². The van der Waals surface area contributed by atoms with Gasteiger partial charge in [-0.2, -0.15) is 0 Å². The summed E-state index contributed by atoms with van der Waals surface area (Å²) in [4.78, 5) is 0. The van der Waals surface area contributed by atoms with E-state index in [2.05, 4.69) is 14.9 Å². The molecular formula is C10H11FeN2O3S. The van der Waals surface area contributed by atoms with E-state index in [0.717, 1.165) is 10.8 Å². The molecule has 7 heteroatoms. The Kier molecular flexibility index (Phi) is 4.36. The van der Waals surface area contributed by atoms with Crippen LogP contribution >= 0.6 is 0 Å².